The van der Waals surface area contributed by atoms with E-state index in [4.69, 9.17) is 9.84 Å². The van der Waals surface area contributed by atoms with Crippen LogP contribution in [0.25, 0.3) is 0 Å². The molecule has 0 bridgehead atoms. The van der Waals surface area contributed by atoms with E-state index in [0.29, 0.717) is 18.0 Å². The Hall–Kier alpha value is -1.80. The fraction of sp³-hybridized carbons (Fsp3) is 0.333. The lowest BCUT2D eigenvalue weighted by Gasteiger charge is -1.97. The van der Waals surface area contributed by atoms with Crippen LogP contribution < -0.4 is 0 Å². The first kappa shape index (κ1) is 16.3. The first-order valence-corrected chi connectivity index (χ1v) is 7.52. The number of carbonyl (C=O) groups is 2. The summed E-state index contributed by atoms with van der Waals surface area (Å²) in [5.74, 6) is -1.03. The third-order valence-electron chi connectivity index (χ3n) is 1.87. The van der Waals surface area contributed by atoms with Crippen LogP contribution in [0.1, 0.15) is 16.9 Å². The monoisotopic (exact) mass is 314 g/mol. The van der Waals surface area contributed by atoms with Crippen molar-refractivity contribution in [3.8, 4) is 0 Å². The normalized spacial score (nSPS) is 9.45. The molecular weight excluding hydrogens is 300 g/mol. The Morgan fingerprint density at radius 2 is 1.70 bits per heavy atom. The van der Waals surface area contributed by atoms with Crippen LogP contribution in [0.4, 0.5) is 0 Å². The molecule has 0 saturated heterocycles. The molecule has 0 unspecified atom stereocenters. The minimum Gasteiger partial charge on any atom is -0.481 e. The van der Waals surface area contributed by atoms with Crippen LogP contribution in [0.15, 0.2) is 23.2 Å². The van der Waals surface area contributed by atoms with Gasteiger partial charge in [0.15, 0.2) is 0 Å². The van der Waals surface area contributed by atoms with Gasteiger partial charge in [0.05, 0.1) is 19.4 Å². The molecule has 8 heteroatoms. The zero-order valence-corrected chi connectivity index (χ0v) is 12.4. The van der Waals surface area contributed by atoms with Gasteiger partial charge in [0.1, 0.15) is 10.0 Å². The Bertz CT molecular complexity index is 512. The van der Waals surface area contributed by atoms with Crippen LogP contribution in [-0.2, 0) is 27.2 Å². The molecule has 0 aliphatic rings. The van der Waals surface area contributed by atoms with Crippen molar-refractivity contribution in [1.29, 1.82) is 0 Å². The highest BCUT2D eigenvalue weighted by atomic mass is 32.1. The second-order valence-corrected chi connectivity index (χ2v) is 5.36. The number of carbonyl (C=O) groups excluding carboxylic acids is 1. The van der Waals surface area contributed by atoms with E-state index in [1.54, 1.807) is 24.7 Å². The largest absolute Gasteiger partial charge is 0.481 e. The highest BCUT2D eigenvalue weighted by molar-refractivity contribution is 7.09. The lowest BCUT2D eigenvalue weighted by Crippen LogP contribution is -2.06. The van der Waals surface area contributed by atoms with E-state index in [9.17, 15) is 9.59 Å². The molecule has 0 aliphatic carbocycles. The fourth-order valence-electron chi connectivity index (χ4n) is 1.15. The van der Waals surface area contributed by atoms with Crippen LogP contribution in [-0.4, -0.2) is 33.6 Å². The van der Waals surface area contributed by atoms with Gasteiger partial charge in [-0.1, -0.05) is 0 Å². The van der Waals surface area contributed by atoms with Gasteiger partial charge in [-0.15, -0.1) is 22.7 Å². The predicted molar refractivity (Wildman–Crippen MR) is 75.9 cm³/mol. The number of rotatable bonds is 5. The molecule has 0 aromatic carbocycles. The summed E-state index contributed by atoms with van der Waals surface area (Å²) < 4.78 is 4.74. The number of aliphatic carboxylic acids is 1. The molecule has 0 amide bonds. The maximum atomic E-state index is 10.9. The predicted octanol–water partition coefficient (Wildman–Crippen LogP) is 2.02. The maximum absolute atomic E-state index is 10.9. The van der Waals surface area contributed by atoms with Crippen LogP contribution in [0.3, 0.4) is 0 Å². The number of aromatic nitrogens is 2. The Morgan fingerprint density at radius 1 is 1.15 bits per heavy atom. The zero-order valence-electron chi connectivity index (χ0n) is 10.8. The lowest BCUT2D eigenvalue weighted by atomic mass is 10.4. The van der Waals surface area contributed by atoms with Crippen molar-refractivity contribution in [2.45, 2.75) is 19.8 Å². The molecule has 0 aliphatic heterocycles. The summed E-state index contributed by atoms with van der Waals surface area (Å²) in [6.07, 6.45) is 3.62. The molecule has 2 heterocycles. The van der Waals surface area contributed by atoms with E-state index in [0.717, 1.165) is 5.01 Å². The second kappa shape index (κ2) is 9.16. The number of esters is 1. The van der Waals surface area contributed by atoms with Gasteiger partial charge in [-0.05, 0) is 6.92 Å². The van der Waals surface area contributed by atoms with Crippen molar-refractivity contribution in [3.63, 3.8) is 0 Å². The van der Waals surface area contributed by atoms with Crippen molar-refractivity contribution in [3.05, 3.63) is 33.2 Å². The maximum Gasteiger partial charge on any atom is 0.312 e. The molecule has 6 nitrogen and oxygen atoms in total. The van der Waals surface area contributed by atoms with Gasteiger partial charge in [0.2, 0.25) is 0 Å². The van der Waals surface area contributed by atoms with Crippen molar-refractivity contribution < 1.29 is 19.4 Å². The number of carboxylic acids is 1. The summed E-state index contributed by atoms with van der Waals surface area (Å²) in [6, 6.07) is 0. The lowest BCUT2D eigenvalue weighted by molar-refractivity contribution is -0.142. The molecule has 2 aromatic heterocycles. The molecule has 0 saturated carbocycles. The Morgan fingerprint density at radius 3 is 2.10 bits per heavy atom. The summed E-state index contributed by atoms with van der Waals surface area (Å²) >= 11 is 2.82. The highest BCUT2D eigenvalue weighted by Gasteiger charge is 2.04. The Kier molecular flexibility index (Phi) is 7.44. The van der Waals surface area contributed by atoms with Crippen molar-refractivity contribution in [1.82, 2.24) is 9.97 Å². The van der Waals surface area contributed by atoms with E-state index in [-0.39, 0.29) is 12.4 Å². The molecule has 2 aromatic rings. The van der Waals surface area contributed by atoms with Gasteiger partial charge < -0.3 is 9.84 Å². The van der Waals surface area contributed by atoms with Crippen LogP contribution in [0.5, 0.6) is 0 Å². The molecule has 0 atom stereocenters. The van der Waals surface area contributed by atoms with Gasteiger partial charge in [-0.25, -0.2) is 9.97 Å². The molecular formula is C12H14N2O4S2. The SMILES string of the molecule is CCOC(=O)Cc1nccs1.O=C(O)Cc1nccs1. The topological polar surface area (TPSA) is 89.4 Å². The quantitative estimate of drug-likeness (QED) is 0.849. The van der Waals surface area contributed by atoms with Crippen molar-refractivity contribution >= 4 is 34.6 Å². The van der Waals surface area contributed by atoms with E-state index in [1.807, 2.05) is 5.38 Å². The average Bonchev–Trinajstić information content (AvgIpc) is 3.03. The summed E-state index contributed by atoms with van der Waals surface area (Å²) in [7, 11) is 0. The number of hydrogen-bond acceptors (Lipinski definition) is 7. The number of thiazole rings is 2. The van der Waals surface area contributed by atoms with Crippen LogP contribution in [0.2, 0.25) is 0 Å². The highest BCUT2D eigenvalue weighted by Crippen LogP contribution is 2.05. The first-order chi connectivity index (χ1) is 9.61. The van der Waals surface area contributed by atoms with Crippen LogP contribution in [0, 0.1) is 0 Å². The number of nitrogens with zero attached hydrogens (tertiary/aromatic N) is 2. The average molecular weight is 314 g/mol. The Labute approximate surface area is 124 Å². The minimum atomic E-state index is -0.829. The standard InChI is InChI=1S/C7H9NO2S.C5H5NO2S/c1-2-10-7(9)5-6-8-3-4-11-6;7-5(8)3-4-6-1-2-9-4/h3-4H,2,5H2,1H3;1-2H,3H2,(H,7,8). The summed E-state index contributed by atoms with van der Waals surface area (Å²) in [5, 5.41) is 13.3. The molecule has 20 heavy (non-hydrogen) atoms. The van der Waals surface area contributed by atoms with Gasteiger partial charge >= 0.3 is 11.9 Å². The number of hydrogen-bond donors (Lipinski definition) is 1. The minimum absolute atomic E-state index is 0.0394. The van der Waals surface area contributed by atoms with Crippen molar-refractivity contribution in [2.75, 3.05) is 6.61 Å². The van der Waals surface area contributed by atoms with E-state index in [2.05, 4.69) is 9.97 Å². The molecule has 1 N–H and O–H groups in total. The molecule has 108 valence electrons. The van der Waals surface area contributed by atoms with Gasteiger partial charge in [0, 0.05) is 23.2 Å². The Balaban J connectivity index is 0.000000204. The van der Waals surface area contributed by atoms with Crippen LogP contribution >= 0.6 is 22.7 Å². The van der Waals surface area contributed by atoms with Gasteiger partial charge in [-0.3, -0.25) is 9.59 Å². The smallest absolute Gasteiger partial charge is 0.312 e. The summed E-state index contributed by atoms with van der Waals surface area (Å²) in [5.41, 5.74) is 0. The first-order valence-electron chi connectivity index (χ1n) is 5.76. The van der Waals surface area contributed by atoms with E-state index < -0.39 is 5.97 Å². The second-order valence-electron chi connectivity index (χ2n) is 3.40. The van der Waals surface area contributed by atoms with Crippen molar-refractivity contribution in [2.24, 2.45) is 0 Å². The molecule has 2 rings (SSSR count). The zero-order chi connectivity index (χ0) is 14.8. The van der Waals surface area contributed by atoms with E-state index in [1.165, 1.54) is 22.7 Å². The number of ether oxygens (including phenoxy) is 1. The molecule has 0 radical (unpaired) electrons. The number of carboxylic acid groups (broad SMARTS) is 1. The fourth-order valence-corrected chi connectivity index (χ4v) is 2.35. The van der Waals surface area contributed by atoms with E-state index >= 15 is 0 Å². The third-order valence-corrected chi connectivity index (χ3v) is 3.43. The molecule has 0 fully saturated rings. The van der Waals surface area contributed by atoms with Gasteiger partial charge in [0.25, 0.3) is 0 Å². The third kappa shape index (κ3) is 6.95. The summed E-state index contributed by atoms with van der Waals surface area (Å²) in [6.45, 7) is 2.23. The van der Waals surface area contributed by atoms with Gasteiger partial charge in [-0.2, -0.15) is 0 Å². The molecule has 0 spiro atoms. The summed E-state index contributed by atoms with van der Waals surface area (Å²) in [4.78, 5) is 28.6.